The van der Waals surface area contributed by atoms with Crippen LogP contribution in [0, 0.1) is 0 Å². The first kappa shape index (κ1) is 14.2. The molecule has 1 aromatic carbocycles. The molecule has 0 aliphatic carbocycles. The Morgan fingerprint density at radius 1 is 1.24 bits per heavy atom. The van der Waals surface area contributed by atoms with Crippen LogP contribution in [-0.2, 0) is 9.84 Å². The van der Waals surface area contributed by atoms with Crippen LogP contribution < -0.4 is 11.1 Å². The standard InChI is InChI=1S/C12H20N2O2S/c1-9(2)17(15,16)11-6-4-10(5-7-11)12(13)8-14-3/h4-7,9,12,14H,8,13H2,1-3H3. The molecule has 3 N–H and O–H groups in total. The fraction of sp³-hybridized carbons (Fsp3) is 0.500. The Hall–Kier alpha value is -0.910. The van der Waals surface area contributed by atoms with Crippen LogP contribution in [0.2, 0.25) is 0 Å². The second-order valence-corrected chi connectivity index (χ2v) is 6.83. The number of sulfone groups is 1. The fourth-order valence-corrected chi connectivity index (χ4v) is 2.57. The highest BCUT2D eigenvalue weighted by molar-refractivity contribution is 7.92. The maximum Gasteiger partial charge on any atom is 0.180 e. The molecule has 4 nitrogen and oxygen atoms in total. The molecule has 0 heterocycles. The average molecular weight is 256 g/mol. The third-order valence-electron chi connectivity index (χ3n) is 2.68. The molecule has 0 aliphatic heterocycles. The van der Waals surface area contributed by atoms with E-state index in [0.29, 0.717) is 11.4 Å². The van der Waals surface area contributed by atoms with Gasteiger partial charge in [0.1, 0.15) is 0 Å². The molecule has 0 aromatic heterocycles. The van der Waals surface area contributed by atoms with E-state index in [0.717, 1.165) is 5.56 Å². The van der Waals surface area contributed by atoms with E-state index in [1.54, 1.807) is 38.1 Å². The zero-order valence-electron chi connectivity index (χ0n) is 10.5. The minimum Gasteiger partial charge on any atom is -0.323 e. The first-order valence-corrected chi connectivity index (χ1v) is 7.18. The normalized spacial score (nSPS) is 13.9. The van der Waals surface area contributed by atoms with Crippen molar-refractivity contribution in [2.75, 3.05) is 13.6 Å². The zero-order chi connectivity index (χ0) is 13.1. The van der Waals surface area contributed by atoms with Crippen molar-refractivity contribution < 1.29 is 8.42 Å². The molecule has 1 aromatic rings. The molecule has 1 atom stereocenters. The number of likely N-dealkylation sites (N-methyl/N-ethyl adjacent to an activating group) is 1. The van der Waals surface area contributed by atoms with Crippen molar-refractivity contribution in [2.24, 2.45) is 5.73 Å². The van der Waals surface area contributed by atoms with Crippen molar-refractivity contribution in [2.45, 2.75) is 30.0 Å². The number of hydrogen-bond donors (Lipinski definition) is 2. The molecule has 5 heteroatoms. The summed E-state index contributed by atoms with van der Waals surface area (Å²) in [5, 5.41) is 2.58. The van der Waals surface area contributed by atoms with Crippen molar-refractivity contribution in [1.29, 1.82) is 0 Å². The van der Waals surface area contributed by atoms with E-state index in [9.17, 15) is 8.42 Å². The molecule has 0 fully saturated rings. The number of nitrogens with two attached hydrogens (primary N) is 1. The lowest BCUT2D eigenvalue weighted by molar-refractivity contribution is 0.587. The van der Waals surface area contributed by atoms with Crippen molar-refractivity contribution >= 4 is 9.84 Å². The van der Waals surface area contributed by atoms with Crippen LogP contribution in [0.25, 0.3) is 0 Å². The monoisotopic (exact) mass is 256 g/mol. The molecule has 1 rings (SSSR count). The van der Waals surface area contributed by atoms with E-state index in [2.05, 4.69) is 5.32 Å². The Morgan fingerprint density at radius 3 is 2.18 bits per heavy atom. The molecular formula is C12H20N2O2S. The zero-order valence-corrected chi connectivity index (χ0v) is 11.3. The summed E-state index contributed by atoms with van der Waals surface area (Å²) >= 11 is 0. The van der Waals surface area contributed by atoms with Crippen LogP contribution in [0.1, 0.15) is 25.5 Å². The smallest absolute Gasteiger partial charge is 0.180 e. The van der Waals surface area contributed by atoms with Gasteiger partial charge in [-0.1, -0.05) is 12.1 Å². The van der Waals surface area contributed by atoms with Crippen molar-refractivity contribution in [3.63, 3.8) is 0 Å². The summed E-state index contributed by atoms with van der Waals surface area (Å²) in [5.74, 6) is 0. The van der Waals surface area contributed by atoms with Gasteiger partial charge in [0.2, 0.25) is 0 Å². The Morgan fingerprint density at radius 2 is 1.76 bits per heavy atom. The summed E-state index contributed by atoms with van der Waals surface area (Å²) in [4.78, 5) is 0.355. The Balaban J connectivity index is 2.96. The summed E-state index contributed by atoms with van der Waals surface area (Å²) in [5.41, 5.74) is 6.84. The Bertz CT molecular complexity index is 452. The number of hydrogen-bond acceptors (Lipinski definition) is 4. The topological polar surface area (TPSA) is 72.2 Å². The molecule has 0 aliphatic rings. The van der Waals surface area contributed by atoms with Gasteiger partial charge in [0, 0.05) is 12.6 Å². The molecule has 0 radical (unpaired) electrons. The fourth-order valence-electron chi connectivity index (χ4n) is 1.51. The summed E-state index contributed by atoms with van der Waals surface area (Å²) in [6.45, 7) is 4.02. The second-order valence-electron chi connectivity index (χ2n) is 4.33. The predicted octanol–water partition coefficient (Wildman–Crippen LogP) is 1.09. The lowest BCUT2D eigenvalue weighted by Crippen LogP contribution is -2.24. The van der Waals surface area contributed by atoms with Crippen molar-refractivity contribution in [3.8, 4) is 0 Å². The maximum absolute atomic E-state index is 11.9. The van der Waals surface area contributed by atoms with Crippen LogP contribution in [0.5, 0.6) is 0 Å². The molecule has 0 amide bonds. The molecule has 17 heavy (non-hydrogen) atoms. The van der Waals surface area contributed by atoms with E-state index in [4.69, 9.17) is 5.73 Å². The molecule has 0 bridgehead atoms. The van der Waals surface area contributed by atoms with Gasteiger partial charge in [-0.05, 0) is 38.6 Å². The van der Waals surface area contributed by atoms with Crippen LogP contribution in [-0.4, -0.2) is 27.3 Å². The number of rotatable bonds is 5. The third kappa shape index (κ3) is 3.28. The molecule has 0 saturated heterocycles. The van der Waals surface area contributed by atoms with Gasteiger partial charge in [0.15, 0.2) is 9.84 Å². The van der Waals surface area contributed by atoms with Gasteiger partial charge in [-0.3, -0.25) is 0 Å². The van der Waals surface area contributed by atoms with E-state index >= 15 is 0 Å². The van der Waals surface area contributed by atoms with Crippen LogP contribution in [0.15, 0.2) is 29.2 Å². The SMILES string of the molecule is CNCC(N)c1ccc(S(=O)(=O)C(C)C)cc1. The van der Waals surface area contributed by atoms with Crippen molar-refractivity contribution in [1.82, 2.24) is 5.32 Å². The summed E-state index contributed by atoms with van der Waals surface area (Å²) in [7, 11) is -1.36. The molecule has 0 saturated carbocycles. The quantitative estimate of drug-likeness (QED) is 0.827. The third-order valence-corrected chi connectivity index (χ3v) is 4.85. The molecule has 96 valence electrons. The van der Waals surface area contributed by atoms with Gasteiger partial charge in [-0.15, -0.1) is 0 Å². The first-order valence-electron chi connectivity index (χ1n) is 5.63. The maximum atomic E-state index is 11.9. The van der Waals surface area contributed by atoms with Gasteiger partial charge in [0.25, 0.3) is 0 Å². The van der Waals surface area contributed by atoms with Crippen LogP contribution >= 0.6 is 0 Å². The average Bonchev–Trinajstić information content (AvgIpc) is 2.29. The first-order chi connectivity index (χ1) is 7.89. The highest BCUT2D eigenvalue weighted by Gasteiger charge is 2.19. The van der Waals surface area contributed by atoms with Crippen LogP contribution in [0.3, 0.4) is 0 Å². The van der Waals surface area contributed by atoms with Gasteiger partial charge >= 0.3 is 0 Å². The second kappa shape index (κ2) is 5.62. The van der Waals surface area contributed by atoms with E-state index in [-0.39, 0.29) is 6.04 Å². The largest absolute Gasteiger partial charge is 0.323 e. The minimum atomic E-state index is -3.19. The molecule has 1 unspecified atom stereocenters. The highest BCUT2D eigenvalue weighted by atomic mass is 32.2. The lowest BCUT2D eigenvalue weighted by Gasteiger charge is -2.13. The minimum absolute atomic E-state index is 0.115. The van der Waals surface area contributed by atoms with E-state index < -0.39 is 15.1 Å². The highest BCUT2D eigenvalue weighted by Crippen LogP contribution is 2.18. The lowest BCUT2D eigenvalue weighted by atomic mass is 10.1. The van der Waals surface area contributed by atoms with Crippen molar-refractivity contribution in [3.05, 3.63) is 29.8 Å². The Kier molecular flexibility index (Phi) is 4.68. The molecule has 0 spiro atoms. The van der Waals surface area contributed by atoms with Gasteiger partial charge in [0.05, 0.1) is 10.1 Å². The number of benzene rings is 1. The summed E-state index contributed by atoms with van der Waals surface area (Å²) < 4.78 is 23.8. The summed E-state index contributed by atoms with van der Waals surface area (Å²) in [6.07, 6.45) is 0. The van der Waals surface area contributed by atoms with Gasteiger partial charge < -0.3 is 11.1 Å². The predicted molar refractivity (Wildman–Crippen MR) is 69.6 cm³/mol. The van der Waals surface area contributed by atoms with E-state index in [1.807, 2.05) is 7.05 Å². The van der Waals surface area contributed by atoms with Gasteiger partial charge in [-0.25, -0.2) is 8.42 Å². The Labute approximate surface area is 103 Å². The summed E-state index contributed by atoms with van der Waals surface area (Å²) in [6, 6.07) is 6.69. The molecular weight excluding hydrogens is 236 g/mol. The van der Waals surface area contributed by atoms with Gasteiger partial charge in [-0.2, -0.15) is 0 Å². The number of nitrogens with one attached hydrogen (secondary N) is 1. The van der Waals surface area contributed by atoms with Crippen LogP contribution in [0.4, 0.5) is 0 Å². The van der Waals surface area contributed by atoms with E-state index in [1.165, 1.54) is 0 Å².